The number of hydrogen-bond donors (Lipinski definition) is 2. The monoisotopic (exact) mass is 329 g/mol. The van der Waals surface area contributed by atoms with Crippen molar-refractivity contribution in [1.29, 1.82) is 0 Å². The highest BCUT2D eigenvalue weighted by atomic mass is 16.6. The van der Waals surface area contributed by atoms with Crippen LogP contribution in [0.3, 0.4) is 0 Å². The SMILES string of the molecule is CCCOC1CCCN(C(CN)CCNC(=O)OC(C)(C)C)C1. The zero-order valence-corrected chi connectivity index (χ0v) is 15.3. The Morgan fingerprint density at radius 2 is 2.17 bits per heavy atom. The molecule has 2 unspecified atom stereocenters. The Balaban J connectivity index is 2.34. The Kier molecular flexibility index (Phi) is 8.87. The molecule has 3 N–H and O–H groups in total. The van der Waals surface area contributed by atoms with E-state index in [-0.39, 0.29) is 12.1 Å². The third kappa shape index (κ3) is 8.53. The molecule has 1 aliphatic heterocycles. The van der Waals surface area contributed by atoms with Crippen molar-refractivity contribution in [1.82, 2.24) is 10.2 Å². The molecule has 136 valence electrons. The molecule has 0 saturated carbocycles. The minimum atomic E-state index is -0.464. The summed E-state index contributed by atoms with van der Waals surface area (Å²) < 4.78 is 11.1. The standard InChI is InChI=1S/C17H35N3O3/c1-5-11-22-15-7-6-10-20(13-15)14(12-18)8-9-19-16(21)23-17(2,3)4/h14-15H,5-13,18H2,1-4H3,(H,19,21). The third-order valence-electron chi connectivity index (χ3n) is 3.90. The number of carbonyl (C=O) groups is 1. The van der Waals surface area contributed by atoms with Gasteiger partial charge >= 0.3 is 6.09 Å². The summed E-state index contributed by atoms with van der Waals surface area (Å²) in [6.45, 7) is 11.7. The fourth-order valence-corrected chi connectivity index (χ4v) is 2.82. The van der Waals surface area contributed by atoms with E-state index in [1.807, 2.05) is 20.8 Å². The quantitative estimate of drug-likeness (QED) is 0.713. The van der Waals surface area contributed by atoms with Gasteiger partial charge in [0.2, 0.25) is 0 Å². The number of ether oxygens (including phenoxy) is 2. The largest absolute Gasteiger partial charge is 0.444 e. The summed E-state index contributed by atoms with van der Waals surface area (Å²) in [5.74, 6) is 0. The fourth-order valence-electron chi connectivity index (χ4n) is 2.82. The Hall–Kier alpha value is -0.850. The van der Waals surface area contributed by atoms with Gasteiger partial charge in [-0.25, -0.2) is 4.79 Å². The summed E-state index contributed by atoms with van der Waals surface area (Å²) in [7, 11) is 0. The van der Waals surface area contributed by atoms with Crippen molar-refractivity contribution in [3.63, 3.8) is 0 Å². The number of alkyl carbamates (subject to hydrolysis) is 1. The Labute approximate surface area is 141 Å². The van der Waals surface area contributed by atoms with Crippen LogP contribution in [0.15, 0.2) is 0 Å². The predicted octanol–water partition coefficient (Wildman–Crippen LogP) is 2.12. The molecule has 0 aliphatic carbocycles. The first-order chi connectivity index (χ1) is 10.9. The van der Waals surface area contributed by atoms with Crippen LogP contribution in [0.1, 0.15) is 53.4 Å². The molecule has 6 heteroatoms. The van der Waals surface area contributed by atoms with Crippen LogP contribution in [-0.2, 0) is 9.47 Å². The number of nitrogens with zero attached hydrogens (tertiary/aromatic N) is 1. The normalized spacial score (nSPS) is 21.0. The van der Waals surface area contributed by atoms with Crippen LogP contribution in [0, 0.1) is 0 Å². The molecule has 2 atom stereocenters. The topological polar surface area (TPSA) is 76.8 Å². The van der Waals surface area contributed by atoms with E-state index in [1.54, 1.807) is 0 Å². The molecule has 0 aromatic carbocycles. The molecule has 0 spiro atoms. The molecular formula is C17H35N3O3. The lowest BCUT2D eigenvalue weighted by atomic mass is 10.0. The van der Waals surface area contributed by atoms with Crippen LogP contribution in [0.4, 0.5) is 4.79 Å². The van der Waals surface area contributed by atoms with Crippen molar-refractivity contribution in [2.45, 2.75) is 71.1 Å². The van der Waals surface area contributed by atoms with E-state index in [2.05, 4.69) is 17.1 Å². The predicted molar refractivity (Wildman–Crippen MR) is 92.5 cm³/mol. The first-order valence-corrected chi connectivity index (χ1v) is 8.88. The molecular weight excluding hydrogens is 294 g/mol. The molecule has 1 fully saturated rings. The number of piperidine rings is 1. The van der Waals surface area contributed by atoms with Crippen LogP contribution in [0.2, 0.25) is 0 Å². The second kappa shape index (κ2) is 10.1. The van der Waals surface area contributed by atoms with Crippen LogP contribution >= 0.6 is 0 Å². The number of nitrogens with one attached hydrogen (secondary N) is 1. The summed E-state index contributed by atoms with van der Waals surface area (Å²) in [6, 6.07) is 0.276. The maximum Gasteiger partial charge on any atom is 0.407 e. The first-order valence-electron chi connectivity index (χ1n) is 8.88. The van der Waals surface area contributed by atoms with E-state index in [4.69, 9.17) is 15.2 Å². The Bertz CT molecular complexity index is 344. The molecule has 1 rings (SSSR count). The highest BCUT2D eigenvalue weighted by molar-refractivity contribution is 5.67. The van der Waals surface area contributed by atoms with Gasteiger partial charge < -0.3 is 20.5 Å². The van der Waals surface area contributed by atoms with Crippen molar-refractivity contribution in [3.8, 4) is 0 Å². The van der Waals surface area contributed by atoms with Gasteiger partial charge in [0.15, 0.2) is 0 Å². The second-order valence-corrected chi connectivity index (χ2v) is 7.24. The number of hydrogen-bond acceptors (Lipinski definition) is 5. The van der Waals surface area contributed by atoms with Crippen molar-refractivity contribution in [2.24, 2.45) is 5.73 Å². The van der Waals surface area contributed by atoms with Gasteiger partial charge in [-0.05, 0) is 53.0 Å². The molecule has 1 saturated heterocycles. The molecule has 0 bridgehead atoms. The zero-order valence-electron chi connectivity index (χ0n) is 15.3. The number of likely N-dealkylation sites (tertiary alicyclic amines) is 1. The van der Waals surface area contributed by atoms with Gasteiger partial charge in [-0.15, -0.1) is 0 Å². The Morgan fingerprint density at radius 1 is 1.43 bits per heavy atom. The summed E-state index contributed by atoms with van der Waals surface area (Å²) >= 11 is 0. The van der Waals surface area contributed by atoms with Crippen molar-refractivity contribution < 1.29 is 14.3 Å². The van der Waals surface area contributed by atoms with Gasteiger partial charge in [-0.2, -0.15) is 0 Å². The van der Waals surface area contributed by atoms with E-state index in [0.29, 0.717) is 19.2 Å². The van der Waals surface area contributed by atoms with Gasteiger partial charge in [-0.1, -0.05) is 6.92 Å². The van der Waals surface area contributed by atoms with Gasteiger partial charge in [0, 0.05) is 32.3 Å². The molecule has 23 heavy (non-hydrogen) atoms. The van der Waals surface area contributed by atoms with Crippen LogP contribution in [0.5, 0.6) is 0 Å². The minimum absolute atomic E-state index is 0.276. The fraction of sp³-hybridized carbons (Fsp3) is 0.941. The average molecular weight is 329 g/mol. The van der Waals surface area contributed by atoms with E-state index in [9.17, 15) is 4.79 Å². The molecule has 0 aromatic rings. The summed E-state index contributed by atoms with van der Waals surface area (Å²) in [4.78, 5) is 14.1. The summed E-state index contributed by atoms with van der Waals surface area (Å²) in [5, 5.41) is 2.81. The van der Waals surface area contributed by atoms with Crippen LogP contribution in [0.25, 0.3) is 0 Å². The minimum Gasteiger partial charge on any atom is -0.444 e. The van der Waals surface area contributed by atoms with E-state index in [1.165, 1.54) is 0 Å². The third-order valence-corrected chi connectivity index (χ3v) is 3.90. The lowest BCUT2D eigenvalue weighted by Gasteiger charge is -2.37. The van der Waals surface area contributed by atoms with Gasteiger partial charge in [0.1, 0.15) is 5.60 Å². The van der Waals surface area contributed by atoms with Crippen LogP contribution in [-0.4, -0.2) is 61.5 Å². The van der Waals surface area contributed by atoms with E-state index in [0.717, 1.165) is 45.4 Å². The smallest absolute Gasteiger partial charge is 0.407 e. The van der Waals surface area contributed by atoms with Crippen LogP contribution < -0.4 is 11.1 Å². The average Bonchev–Trinajstić information content (AvgIpc) is 2.48. The van der Waals surface area contributed by atoms with E-state index < -0.39 is 5.60 Å². The molecule has 1 heterocycles. The second-order valence-electron chi connectivity index (χ2n) is 7.24. The van der Waals surface area contributed by atoms with Gasteiger partial charge in [-0.3, -0.25) is 4.90 Å². The Morgan fingerprint density at radius 3 is 2.78 bits per heavy atom. The van der Waals surface area contributed by atoms with Crippen molar-refractivity contribution in [2.75, 3.05) is 32.8 Å². The van der Waals surface area contributed by atoms with E-state index >= 15 is 0 Å². The molecule has 0 aromatic heterocycles. The zero-order chi connectivity index (χ0) is 17.3. The number of nitrogens with two attached hydrogens (primary N) is 1. The maximum absolute atomic E-state index is 11.7. The van der Waals surface area contributed by atoms with Crippen molar-refractivity contribution >= 4 is 6.09 Å². The number of amides is 1. The number of rotatable bonds is 8. The highest BCUT2D eigenvalue weighted by Crippen LogP contribution is 2.17. The number of carbonyl (C=O) groups excluding carboxylic acids is 1. The highest BCUT2D eigenvalue weighted by Gasteiger charge is 2.25. The molecule has 1 aliphatic rings. The molecule has 1 amide bonds. The lowest BCUT2D eigenvalue weighted by Crippen LogP contribution is -2.49. The van der Waals surface area contributed by atoms with Gasteiger partial charge in [0.05, 0.1) is 6.10 Å². The van der Waals surface area contributed by atoms with Gasteiger partial charge in [0.25, 0.3) is 0 Å². The molecule has 0 radical (unpaired) electrons. The van der Waals surface area contributed by atoms with Crippen molar-refractivity contribution in [3.05, 3.63) is 0 Å². The molecule has 6 nitrogen and oxygen atoms in total. The lowest BCUT2D eigenvalue weighted by molar-refractivity contribution is -0.0125. The maximum atomic E-state index is 11.7. The summed E-state index contributed by atoms with van der Waals surface area (Å²) in [6.07, 6.45) is 4.11. The first kappa shape index (κ1) is 20.2. The summed E-state index contributed by atoms with van der Waals surface area (Å²) in [5.41, 5.74) is 5.48.